The molecule has 1 rings (SSSR count). The van der Waals surface area contributed by atoms with Gasteiger partial charge in [0, 0.05) is 12.1 Å². The number of carbonyl (C=O) groups excluding carboxylic acids is 1. The van der Waals surface area contributed by atoms with E-state index >= 15 is 0 Å². The van der Waals surface area contributed by atoms with Gasteiger partial charge in [0.05, 0.1) is 11.9 Å². The maximum Gasteiger partial charge on any atom is 0.228 e. The van der Waals surface area contributed by atoms with Gasteiger partial charge in [0.2, 0.25) is 5.91 Å². The molecule has 0 spiro atoms. The Kier molecular flexibility index (Phi) is 3.77. The Labute approximate surface area is 90.1 Å². The molecule has 1 N–H and O–H groups in total. The third-order valence-corrected chi connectivity index (χ3v) is 2.02. The van der Waals surface area contributed by atoms with Crippen LogP contribution in [0.3, 0.4) is 0 Å². The van der Waals surface area contributed by atoms with E-state index in [1.807, 2.05) is 27.7 Å². The van der Waals surface area contributed by atoms with Crippen LogP contribution in [0.5, 0.6) is 0 Å². The molecule has 0 unspecified atom stereocenters. The van der Waals surface area contributed by atoms with Crippen LogP contribution in [0, 0.1) is 5.92 Å². The first-order valence-electron chi connectivity index (χ1n) is 5.13. The summed E-state index contributed by atoms with van der Waals surface area (Å²) in [6, 6.07) is 0. The van der Waals surface area contributed by atoms with E-state index in [4.69, 9.17) is 0 Å². The molecular formula is C11H17N3O. The predicted octanol–water partition coefficient (Wildman–Crippen LogP) is 2.19. The molecule has 1 aromatic heterocycles. The fraction of sp³-hybridized carbons (Fsp3) is 0.545. The first-order valence-corrected chi connectivity index (χ1v) is 5.13. The number of amides is 1. The quantitative estimate of drug-likeness (QED) is 0.826. The Hall–Kier alpha value is -1.45. The van der Waals surface area contributed by atoms with Crippen molar-refractivity contribution in [3.05, 3.63) is 18.1 Å². The van der Waals surface area contributed by atoms with E-state index in [-0.39, 0.29) is 11.8 Å². The van der Waals surface area contributed by atoms with E-state index in [0.717, 1.165) is 5.69 Å². The second kappa shape index (κ2) is 4.87. The van der Waals surface area contributed by atoms with E-state index in [9.17, 15) is 4.79 Å². The molecule has 0 bridgehead atoms. The van der Waals surface area contributed by atoms with Crippen molar-refractivity contribution in [3.63, 3.8) is 0 Å². The molecular weight excluding hydrogens is 190 g/mol. The second-order valence-electron chi connectivity index (χ2n) is 4.13. The average molecular weight is 207 g/mol. The van der Waals surface area contributed by atoms with Crippen LogP contribution in [-0.4, -0.2) is 15.9 Å². The molecule has 0 aliphatic heterocycles. The van der Waals surface area contributed by atoms with Crippen LogP contribution in [0.2, 0.25) is 0 Å². The van der Waals surface area contributed by atoms with Gasteiger partial charge in [0.15, 0.2) is 5.82 Å². The van der Waals surface area contributed by atoms with Crippen LogP contribution in [0.1, 0.15) is 39.3 Å². The van der Waals surface area contributed by atoms with Gasteiger partial charge >= 0.3 is 0 Å². The molecule has 0 atom stereocenters. The Morgan fingerprint density at radius 1 is 1.27 bits per heavy atom. The number of hydrogen-bond acceptors (Lipinski definition) is 3. The van der Waals surface area contributed by atoms with Gasteiger partial charge < -0.3 is 5.32 Å². The minimum atomic E-state index is -0.0468. The zero-order chi connectivity index (χ0) is 11.4. The van der Waals surface area contributed by atoms with Crippen molar-refractivity contribution in [2.45, 2.75) is 33.6 Å². The van der Waals surface area contributed by atoms with Crippen LogP contribution in [0.15, 0.2) is 12.4 Å². The van der Waals surface area contributed by atoms with Crippen molar-refractivity contribution in [1.82, 2.24) is 9.97 Å². The number of aromatic nitrogens is 2. The van der Waals surface area contributed by atoms with Crippen molar-refractivity contribution in [2.24, 2.45) is 5.92 Å². The van der Waals surface area contributed by atoms with Crippen LogP contribution in [0.4, 0.5) is 5.82 Å². The summed E-state index contributed by atoms with van der Waals surface area (Å²) in [4.78, 5) is 19.8. The third-order valence-electron chi connectivity index (χ3n) is 2.02. The fourth-order valence-corrected chi connectivity index (χ4v) is 0.990. The summed E-state index contributed by atoms with van der Waals surface area (Å²) in [6.45, 7) is 7.76. The number of nitrogens with zero attached hydrogens (tertiary/aromatic N) is 2. The third kappa shape index (κ3) is 3.31. The van der Waals surface area contributed by atoms with E-state index in [2.05, 4.69) is 15.3 Å². The van der Waals surface area contributed by atoms with Gasteiger partial charge in [-0.05, 0) is 5.92 Å². The number of rotatable bonds is 3. The molecule has 4 nitrogen and oxygen atoms in total. The lowest BCUT2D eigenvalue weighted by Crippen LogP contribution is -2.19. The van der Waals surface area contributed by atoms with Gasteiger partial charge in [-0.15, -0.1) is 0 Å². The van der Waals surface area contributed by atoms with E-state index in [1.165, 1.54) is 0 Å². The molecule has 1 aromatic rings. The van der Waals surface area contributed by atoms with Crippen molar-refractivity contribution >= 4 is 11.7 Å². The monoisotopic (exact) mass is 207 g/mol. The fourth-order valence-electron chi connectivity index (χ4n) is 0.990. The number of hydrogen-bond donors (Lipinski definition) is 1. The molecule has 1 heterocycles. The zero-order valence-corrected chi connectivity index (χ0v) is 9.61. The summed E-state index contributed by atoms with van der Waals surface area (Å²) >= 11 is 0. The largest absolute Gasteiger partial charge is 0.309 e. The minimum Gasteiger partial charge on any atom is -0.309 e. The molecule has 0 aliphatic carbocycles. The summed E-state index contributed by atoms with van der Waals surface area (Å²) in [6.07, 6.45) is 3.28. The molecule has 0 aliphatic rings. The van der Waals surface area contributed by atoms with Gasteiger partial charge in [-0.2, -0.15) is 0 Å². The van der Waals surface area contributed by atoms with E-state index in [1.54, 1.807) is 12.4 Å². The number of anilines is 1. The maximum absolute atomic E-state index is 11.4. The molecule has 82 valence electrons. The highest BCUT2D eigenvalue weighted by Gasteiger charge is 2.09. The summed E-state index contributed by atoms with van der Waals surface area (Å²) in [7, 11) is 0. The molecule has 4 heteroatoms. The predicted molar refractivity (Wildman–Crippen MR) is 59.6 cm³/mol. The maximum atomic E-state index is 11.4. The van der Waals surface area contributed by atoms with E-state index < -0.39 is 0 Å². The Balaban J connectivity index is 2.78. The van der Waals surface area contributed by atoms with Crippen molar-refractivity contribution in [3.8, 4) is 0 Å². The number of carbonyl (C=O) groups is 1. The van der Waals surface area contributed by atoms with Gasteiger partial charge in [-0.25, -0.2) is 4.98 Å². The standard InChI is InChI=1S/C11H17N3O/c1-7(2)9-5-12-6-10(13-9)14-11(15)8(3)4/h5-8H,1-4H3,(H,13,14,15). The summed E-state index contributed by atoms with van der Waals surface area (Å²) in [5, 5.41) is 2.72. The second-order valence-corrected chi connectivity index (χ2v) is 4.13. The molecule has 15 heavy (non-hydrogen) atoms. The number of nitrogens with one attached hydrogen (secondary N) is 1. The summed E-state index contributed by atoms with van der Waals surface area (Å²) in [5.41, 5.74) is 0.886. The van der Waals surface area contributed by atoms with Crippen LogP contribution in [-0.2, 0) is 4.79 Å². The highest BCUT2D eigenvalue weighted by Crippen LogP contribution is 2.12. The van der Waals surface area contributed by atoms with Crippen molar-refractivity contribution in [1.29, 1.82) is 0 Å². The van der Waals surface area contributed by atoms with Crippen LogP contribution >= 0.6 is 0 Å². The smallest absolute Gasteiger partial charge is 0.228 e. The highest BCUT2D eigenvalue weighted by molar-refractivity contribution is 5.90. The van der Waals surface area contributed by atoms with Crippen molar-refractivity contribution < 1.29 is 4.79 Å². The topological polar surface area (TPSA) is 54.9 Å². The lowest BCUT2D eigenvalue weighted by Gasteiger charge is -2.09. The molecule has 0 aromatic carbocycles. The van der Waals surface area contributed by atoms with Crippen molar-refractivity contribution in [2.75, 3.05) is 5.32 Å². The lowest BCUT2D eigenvalue weighted by atomic mass is 10.1. The first-order chi connectivity index (χ1) is 7.00. The Bertz CT molecular complexity index is 347. The zero-order valence-electron chi connectivity index (χ0n) is 9.61. The summed E-state index contributed by atoms with van der Waals surface area (Å²) in [5.74, 6) is 0.757. The van der Waals surface area contributed by atoms with Gasteiger partial charge in [-0.1, -0.05) is 27.7 Å². The van der Waals surface area contributed by atoms with E-state index in [0.29, 0.717) is 11.7 Å². The highest BCUT2D eigenvalue weighted by atomic mass is 16.1. The Morgan fingerprint density at radius 2 is 1.93 bits per heavy atom. The molecule has 0 saturated carbocycles. The molecule has 0 fully saturated rings. The van der Waals surface area contributed by atoms with Crippen LogP contribution in [0.25, 0.3) is 0 Å². The average Bonchev–Trinajstić information content (AvgIpc) is 2.18. The molecule has 0 saturated heterocycles. The van der Waals surface area contributed by atoms with Gasteiger partial charge in [-0.3, -0.25) is 9.78 Å². The summed E-state index contributed by atoms with van der Waals surface area (Å²) < 4.78 is 0. The molecule has 0 radical (unpaired) electrons. The lowest BCUT2D eigenvalue weighted by molar-refractivity contribution is -0.118. The normalized spacial score (nSPS) is 10.8. The van der Waals surface area contributed by atoms with Gasteiger partial charge in [0.25, 0.3) is 0 Å². The Morgan fingerprint density at radius 3 is 2.47 bits per heavy atom. The van der Waals surface area contributed by atoms with Gasteiger partial charge in [0.1, 0.15) is 0 Å². The first kappa shape index (κ1) is 11.6. The van der Waals surface area contributed by atoms with Crippen LogP contribution < -0.4 is 5.32 Å². The molecule has 1 amide bonds. The SMILES string of the molecule is CC(C)C(=O)Nc1cncc(C(C)C)n1. The minimum absolute atomic E-state index is 0.0368.